The average Bonchev–Trinajstić information content (AvgIpc) is 3.35. The topological polar surface area (TPSA) is 9.23 Å². The second-order valence-corrected chi connectivity index (χ2v) is 8.64. The molecule has 0 saturated heterocycles. The van der Waals surface area contributed by atoms with Gasteiger partial charge in [0.2, 0.25) is 5.82 Å². The molecule has 0 heterocycles. The normalized spacial score (nSPS) is 22.5. The number of benzene rings is 2. The summed E-state index contributed by atoms with van der Waals surface area (Å²) in [5.41, 5.74) is 1.23. The Morgan fingerprint density at radius 2 is 1.48 bits per heavy atom. The number of allylic oxidation sites excluding steroid dienone is 2. The SMILES string of the molecule is CCCOc1ccc(-c2ccc(C3CCC4C(CCC)=CCC43)c(F)c2F)c(F)c1F. The van der Waals surface area contributed by atoms with Crippen molar-refractivity contribution in [1.82, 2.24) is 0 Å². The number of hydrogen-bond donors (Lipinski definition) is 0. The zero-order valence-corrected chi connectivity index (χ0v) is 18.0. The van der Waals surface area contributed by atoms with E-state index in [9.17, 15) is 8.78 Å². The van der Waals surface area contributed by atoms with Gasteiger partial charge in [-0.05, 0) is 67.6 Å². The van der Waals surface area contributed by atoms with Crippen molar-refractivity contribution in [3.8, 4) is 16.9 Å². The maximum atomic E-state index is 15.1. The van der Waals surface area contributed by atoms with Crippen LogP contribution in [0.3, 0.4) is 0 Å². The number of ether oxygens (including phenoxy) is 1. The maximum absolute atomic E-state index is 15.1. The van der Waals surface area contributed by atoms with E-state index in [0.29, 0.717) is 23.8 Å². The summed E-state index contributed by atoms with van der Waals surface area (Å²) in [5, 5.41) is 0. The minimum atomic E-state index is -1.23. The summed E-state index contributed by atoms with van der Waals surface area (Å²) in [4.78, 5) is 0. The Hall–Kier alpha value is -2.30. The van der Waals surface area contributed by atoms with Gasteiger partial charge in [-0.2, -0.15) is 4.39 Å². The molecule has 0 amide bonds. The minimum Gasteiger partial charge on any atom is -0.490 e. The van der Waals surface area contributed by atoms with E-state index in [1.165, 1.54) is 23.8 Å². The van der Waals surface area contributed by atoms with Crippen molar-refractivity contribution in [3.63, 3.8) is 0 Å². The fourth-order valence-electron chi connectivity index (χ4n) is 5.38. The van der Waals surface area contributed by atoms with Crippen LogP contribution in [0.4, 0.5) is 17.6 Å². The van der Waals surface area contributed by atoms with Gasteiger partial charge in [-0.1, -0.05) is 44.1 Å². The minimum absolute atomic E-state index is 0.0504. The summed E-state index contributed by atoms with van der Waals surface area (Å²) < 4.78 is 64.4. The molecule has 0 N–H and O–H groups in total. The summed E-state index contributed by atoms with van der Waals surface area (Å²) in [6.07, 6.45) is 7.76. The van der Waals surface area contributed by atoms with Crippen molar-refractivity contribution in [2.24, 2.45) is 11.8 Å². The van der Waals surface area contributed by atoms with Crippen molar-refractivity contribution in [2.75, 3.05) is 6.61 Å². The van der Waals surface area contributed by atoms with Gasteiger partial charge < -0.3 is 4.74 Å². The predicted molar refractivity (Wildman–Crippen MR) is 114 cm³/mol. The Kier molecular flexibility index (Phi) is 6.40. The fourth-order valence-corrected chi connectivity index (χ4v) is 5.38. The van der Waals surface area contributed by atoms with Gasteiger partial charge in [-0.15, -0.1) is 0 Å². The lowest BCUT2D eigenvalue weighted by atomic mass is 9.83. The molecular weight excluding hydrogens is 404 g/mol. The largest absolute Gasteiger partial charge is 0.490 e. The van der Waals surface area contributed by atoms with E-state index in [2.05, 4.69) is 13.0 Å². The van der Waals surface area contributed by atoms with Crippen LogP contribution >= 0.6 is 0 Å². The van der Waals surface area contributed by atoms with Gasteiger partial charge in [-0.25, -0.2) is 13.2 Å². The number of rotatable bonds is 7. The van der Waals surface area contributed by atoms with E-state index >= 15 is 8.78 Å². The Bertz CT molecular complexity index is 997. The van der Waals surface area contributed by atoms with Crippen molar-refractivity contribution >= 4 is 0 Å². The number of hydrogen-bond acceptors (Lipinski definition) is 1. The van der Waals surface area contributed by atoms with Crippen LogP contribution in [0.1, 0.15) is 63.9 Å². The van der Waals surface area contributed by atoms with Crippen LogP contribution in [0.5, 0.6) is 5.75 Å². The van der Waals surface area contributed by atoms with Gasteiger partial charge in [0.05, 0.1) is 6.61 Å². The van der Waals surface area contributed by atoms with Crippen molar-refractivity contribution in [3.05, 3.63) is 64.7 Å². The highest BCUT2D eigenvalue weighted by molar-refractivity contribution is 5.67. The molecule has 4 rings (SSSR count). The van der Waals surface area contributed by atoms with Crippen molar-refractivity contribution < 1.29 is 22.3 Å². The summed E-state index contributed by atoms with van der Waals surface area (Å²) in [5.74, 6) is -4.02. The van der Waals surface area contributed by atoms with Gasteiger partial charge in [0.15, 0.2) is 23.2 Å². The highest BCUT2D eigenvalue weighted by Gasteiger charge is 2.42. The highest BCUT2D eigenvalue weighted by atomic mass is 19.2. The number of halogens is 4. The van der Waals surface area contributed by atoms with Gasteiger partial charge in [-0.3, -0.25) is 0 Å². The molecule has 0 aliphatic heterocycles. The average molecular weight is 433 g/mol. The molecule has 2 aliphatic rings. The van der Waals surface area contributed by atoms with Crippen LogP contribution in [0.25, 0.3) is 11.1 Å². The first-order valence-electron chi connectivity index (χ1n) is 11.3. The van der Waals surface area contributed by atoms with E-state index < -0.39 is 23.3 Å². The summed E-state index contributed by atoms with van der Waals surface area (Å²) in [7, 11) is 0. The molecule has 0 aromatic heterocycles. The molecule has 1 saturated carbocycles. The molecule has 3 atom stereocenters. The Morgan fingerprint density at radius 3 is 2.19 bits per heavy atom. The molecule has 0 radical (unpaired) electrons. The zero-order chi connectivity index (χ0) is 22.1. The second kappa shape index (κ2) is 9.05. The van der Waals surface area contributed by atoms with Crippen LogP contribution in [-0.4, -0.2) is 6.61 Å². The molecule has 2 aromatic rings. The first kappa shape index (κ1) is 21.9. The molecule has 0 bridgehead atoms. The van der Waals surface area contributed by atoms with E-state index in [-0.39, 0.29) is 29.4 Å². The van der Waals surface area contributed by atoms with E-state index in [0.717, 1.165) is 32.1 Å². The van der Waals surface area contributed by atoms with Gasteiger partial charge in [0.1, 0.15) is 0 Å². The monoisotopic (exact) mass is 432 g/mol. The third-order valence-electron chi connectivity index (χ3n) is 6.80. The molecule has 5 heteroatoms. The maximum Gasteiger partial charge on any atom is 0.201 e. The number of fused-ring (bicyclic) bond motifs is 1. The molecule has 31 heavy (non-hydrogen) atoms. The van der Waals surface area contributed by atoms with E-state index in [1.807, 2.05) is 6.92 Å². The quantitative estimate of drug-likeness (QED) is 0.319. The first-order valence-corrected chi connectivity index (χ1v) is 11.3. The van der Waals surface area contributed by atoms with Crippen LogP contribution in [-0.2, 0) is 0 Å². The summed E-state index contributed by atoms with van der Waals surface area (Å²) in [6, 6.07) is 5.43. The van der Waals surface area contributed by atoms with Crippen LogP contribution in [0.15, 0.2) is 35.9 Å². The Balaban J connectivity index is 1.63. The molecule has 0 spiro atoms. The lowest BCUT2D eigenvalue weighted by Crippen LogP contribution is -2.12. The van der Waals surface area contributed by atoms with Crippen molar-refractivity contribution in [1.29, 1.82) is 0 Å². The molecule has 3 unspecified atom stereocenters. The highest BCUT2D eigenvalue weighted by Crippen LogP contribution is 2.53. The fraction of sp³-hybridized carbons (Fsp3) is 0.462. The molecule has 166 valence electrons. The van der Waals surface area contributed by atoms with Crippen LogP contribution < -0.4 is 4.74 Å². The standard InChI is InChI=1S/C26H28F4O/c1-3-5-15-6-7-17-16(15)8-9-18(17)19-10-11-20(24(28)23(19)27)21-12-13-22(31-14-4-2)26(30)25(21)29/h6,10-13,16-18H,3-5,7-9,14H2,1-2H3. The van der Waals surface area contributed by atoms with E-state index in [4.69, 9.17) is 4.74 Å². The van der Waals surface area contributed by atoms with Crippen LogP contribution in [0.2, 0.25) is 0 Å². The zero-order valence-electron chi connectivity index (χ0n) is 18.0. The third-order valence-corrected chi connectivity index (χ3v) is 6.80. The van der Waals surface area contributed by atoms with Crippen LogP contribution in [0, 0.1) is 35.1 Å². The smallest absolute Gasteiger partial charge is 0.201 e. The predicted octanol–water partition coefficient (Wildman–Crippen LogP) is 7.94. The lowest BCUT2D eigenvalue weighted by Gasteiger charge is -2.22. The van der Waals surface area contributed by atoms with Gasteiger partial charge >= 0.3 is 0 Å². The Labute approximate surface area is 181 Å². The van der Waals surface area contributed by atoms with Crippen molar-refractivity contribution in [2.45, 2.75) is 58.3 Å². The summed E-state index contributed by atoms with van der Waals surface area (Å²) in [6.45, 7) is 4.24. The molecule has 1 nitrogen and oxygen atoms in total. The Morgan fingerprint density at radius 1 is 0.806 bits per heavy atom. The lowest BCUT2D eigenvalue weighted by molar-refractivity contribution is 0.295. The summed E-state index contributed by atoms with van der Waals surface area (Å²) >= 11 is 0. The molecule has 2 aliphatic carbocycles. The third kappa shape index (κ3) is 3.88. The van der Waals surface area contributed by atoms with Gasteiger partial charge in [0.25, 0.3) is 0 Å². The van der Waals surface area contributed by atoms with Gasteiger partial charge in [0, 0.05) is 11.1 Å². The first-order chi connectivity index (χ1) is 15.0. The molecule has 1 fully saturated rings. The molecule has 2 aromatic carbocycles. The van der Waals surface area contributed by atoms with E-state index in [1.54, 1.807) is 6.07 Å². The second-order valence-electron chi connectivity index (χ2n) is 8.64. The molecular formula is C26H28F4O.